The van der Waals surface area contributed by atoms with E-state index in [4.69, 9.17) is 6.42 Å². The number of benzene rings is 2. The van der Waals surface area contributed by atoms with Crippen LogP contribution in [-0.2, 0) is 0 Å². The molecule has 0 aliphatic heterocycles. The quantitative estimate of drug-likeness (QED) is 0.434. The van der Waals surface area contributed by atoms with Crippen molar-refractivity contribution in [1.29, 1.82) is 0 Å². The second-order valence-electron chi connectivity index (χ2n) is 4.55. The van der Waals surface area contributed by atoms with E-state index in [0.717, 1.165) is 18.2 Å². The molecule has 0 fully saturated rings. The third-order valence-corrected chi connectivity index (χ3v) is 2.95. The summed E-state index contributed by atoms with van der Waals surface area (Å²) < 4.78 is 0. The van der Waals surface area contributed by atoms with E-state index in [0.29, 0.717) is 5.56 Å². The van der Waals surface area contributed by atoms with Crippen LogP contribution in [0.1, 0.15) is 36.6 Å². The Bertz CT molecular complexity index is 826. The number of nitrogens with one attached hydrogen (secondary N) is 1. The number of hydrogen-bond acceptors (Lipinski definition) is 5. The standard InChI is InChI=1S/C17H11NO5.2Na/c1-2-10-4-3-5-11(6-10)15(19)18-14-8-12(16(20)21)7-13(9-14)17(22)23;;/h1,3-9H,(H,18,19)(H,20,21)(H,22,23);;/q;2*+1/p-2. The monoisotopic (exact) mass is 353 g/mol. The summed E-state index contributed by atoms with van der Waals surface area (Å²) in [6.45, 7) is 0. The van der Waals surface area contributed by atoms with Gasteiger partial charge in [-0.05, 0) is 47.5 Å². The van der Waals surface area contributed by atoms with Crippen LogP contribution in [-0.4, -0.2) is 17.8 Å². The Kier molecular flexibility index (Phi) is 9.75. The summed E-state index contributed by atoms with van der Waals surface area (Å²) >= 11 is 0. The zero-order valence-corrected chi connectivity index (χ0v) is 17.7. The molecule has 0 aromatic heterocycles. The molecule has 0 aliphatic rings. The number of carboxylic acids is 2. The van der Waals surface area contributed by atoms with Crippen molar-refractivity contribution in [3.05, 3.63) is 64.7 Å². The molecule has 0 radical (unpaired) electrons. The maximum atomic E-state index is 12.1. The van der Waals surface area contributed by atoms with E-state index < -0.39 is 17.8 Å². The van der Waals surface area contributed by atoms with Gasteiger partial charge in [0.15, 0.2) is 0 Å². The van der Waals surface area contributed by atoms with Gasteiger partial charge in [-0.3, -0.25) is 4.79 Å². The minimum absolute atomic E-state index is 0. The molecule has 2 aromatic carbocycles. The van der Waals surface area contributed by atoms with Gasteiger partial charge in [-0.25, -0.2) is 0 Å². The Morgan fingerprint density at radius 1 is 0.880 bits per heavy atom. The average molecular weight is 353 g/mol. The van der Waals surface area contributed by atoms with E-state index in [-0.39, 0.29) is 81.5 Å². The van der Waals surface area contributed by atoms with E-state index in [1.54, 1.807) is 12.1 Å². The van der Waals surface area contributed by atoms with Crippen molar-refractivity contribution in [1.82, 2.24) is 0 Å². The van der Waals surface area contributed by atoms with Gasteiger partial charge in [0.2, 0.25) is 0 Å². The molecule has 1 amide bonds. The molecule has 6 nitrogen and oxygen atoms in total. The van der Waals surface area contributed by atoms with Crippen molar-refractivity contribution < 1.29 is 83.7 Å². The van der Waals surface area contributed by atoms with Crippen LogP contribution in [0.5, 0.6) is 0 Å². The van der Waals surface area contributed by atoms with Crippen LogP contribution in [0.2, 0.25) is 0 Å². The Morgan fingerprint density at radius 2 is 1.44 bits per heavy atom. The average Bonchev–Trinajstić information content (AvgIpc) is 2.54. The Labute approximate surface area is 188 Å². The smallest absolute Gasteiger partial charge is 0.545 e. The molecule has 1 N–H and O–H groups in total. The van der Waals surface area contributed by atoms with Crippen molar-refractivity contribution in [3.8, 4) is 12.3 Å². The number of terminal acetylenes is 1. The topological polar surface area (TPSA) is 109 Å². The SMILES string of the molecule is C#Cc1cccc(C(=O)Nc2cc(C(=O)[O-])cc(C(=O)[O-])c2)c1.[Na+].[Na+]. The summed E-state index contributed by atoms with van der Waals surface area (Å²) in [6, 6.07) is 9.28. The zero-order chi connectivity index (χ0) is 17.0. The van der Waals surface area contributed by atoms with Crippen LogP contribution in [0.4, 0.5) is 5.69 Å². The molecule has 25 heavy (non-hydrogen) atoms. The van der Waals surface area contributed by atoms with Gasteiger partial charge in [-0.2, -0.15) is 0 Å². The Balaban J connectivity index is 0.00000288. The Hall–Kier alpha value is -1.59. The first kappa shape index (κ1) is 23.4. The minimum atomic E-state index is -1.57. The number of rotatable bonds is 4. The fourth-order valence-electron chi connectivity index (χ4n) is 1.89. The largest absolute Gasteiger partial charge is 1.00 e. The maximum absolute atomic E-state index is 12.1. The van der Waals surface area contributed by atoms with Gasteiger partial charge < -0.3 is 25.1 Å². The molecule has 114 valence electrons. The summed E-state index contributed by atoms with van der Waals surface area (Å²) in [5.74, 6) is -1.33. The number of carbonyl (C=O) groups excluding carboxylic acids is 3. The van der Waals surface area contributed by atoms with Crippen LogP contribution < -0.4 is 74.6 Å². The van der Waals surface area contributed by atoms with Crippen LogP contribution in [0.3, 0.4) is 0 Å². The molecule has 0 saturated carbocycles. The minimum Gasteiger partial charge on any atom is -0.545 e. The molecule has 0 spiro atoms. The summed E-state index contributed by atoms with van der Waals surface area (Å²) in [4.78, 5) is 34.0. The second kappa shape index (κ2) is 10.4. The van der Waals surface area contributed by atoms with Gasteiger partial charge in [0, 0.05) is 16.8 Å². The van der Waals surface area contributed by atoms with E-state index in [1.165, 1.54) is 12.1 Å². The number of carbonyl (C=O) groups is 3. The Morgan fingerprint density at radius 3 is 1.92 bits per heavy atom. The second-order valence-corrected chi connectivity index (χ2v) is 4.55. The van der Waals surface area contributed by atoms with Crippen molar-refractivity contribution in [2.45, 2.75) is 0 Å². The van der Waals surface area contributed by atoms with Gasteiger partial charge >= 0.3 is 59.1 Å². The summed E-state index contributed by atoms with van der Waals surface area (Å²) in [5.41, 5.74) is -0.0494. The fourth-order valence-corrected chi connectivity index (χ4v) is 1.89. The van der Waals surface area contributed by atoms with Crippen molar-refractivity contribution >= 4 is 23.5 Å². The van der Waals surface area contributed by atoms with Gasteiger partial charge in [0.1, 0.15) is 0 Å². The van der Waals surface area contributed by atoms with Crippen LogP contribution in [0.15, 0.2) is 42.5 Å². The molecule has 0 aliphatic carbocycles. The van der Waals surface area contributed by atoms with Gasteiger partial charge in [-0.15, -0.1) is 6.42 Å². The number of aromatic carboxylic acids is 2. The third kappa shape index (κ3) is 6.33. The number of carboxylic acid groups (broad SMARTS) is 2. The van der Waals surface area contributed by atoms with Gasteiger partial charge in [0.25, 0.3) is 5.91 Å². The van der Waals surface area contributed by atoms with Crippen molar-refractivity contribution in [2.75, 3.05) is 5.32 Å². The first-order valence-electron chi connectivity index (χ1n) is 6.36. The van der Waals surface area contributed by atoms with Crippen LogP contribution in [0, 0.1) is 12.3 Å². The molecule has 0 atom stereocenters. The maximum Gasteiger partial charge on any atom is 1.00 e. The molecular formula is C17H9NNa2O5. The summed E-state index contributed by atoms with van der Waals surface area (Å²) in [6.07, 6.45) is 5.25. The molecule has 0 saturated heterocycles. The predicted octanol–water partition coefficient (Wildman–Crippen LogP) is -6.34. The molecule has 2 aromatic rings. The molecular weight excluding hydrogens is 344 g/mol. The number of amides is 1. The van der Waals surface area contributed by atoms with Gasteiger partial charge in [0.05, 0.1) is 11.9 Å². The summed E-state index contributed by atoms with van der Waals surface area (Å²) in [7, 11) is 0. The van der Waals surface area contributed by atoms with Crippen molar-refractivity contribution in [3.63, 3.8) is 0 Å². The van der Waals surface area contributed by atoms with E-state index >= 15 is 0 Å². The third-order valence-electron chi connectivity index (χ3n) is 2.95. The normalized spacial score (nSPS) is 8.92. The molecule has 0 heterocycles. The number of anilines is 1. The van der Waals surface area contributed by atoms with E-state index in [9.17, 15) is 24.6 Å². The number of hydrogen-bond donors (Lipinski definition) is 1. The molecule has 0 unspecified atom stereocenters. The first-order valence-corrected chi connectivity index (χ1v) is 6.36. The fraction of sp³-hybridized carbons (Fsp3) is 0. The van der Waals surface area contributed by atoms with Crippen LogP contribution in [0.25, 0.3) is 0 Å². The molecule has 0 bridgehead atoms. The van der Waals surface area contributed by atoms with Crippen LogP contribution >= 0.6 is 0 Å². The van der Waals surface area contributed by atoms with E-state index in [2.05, 4.69) is 11.2 Å². The van der Waals surface area contributed by atoms with Crippen molar-refractivity contribution in [2.24, 2.45) is 0 Å². The van der Waals surface area contributed by atoms with Gasteiger partial charge in [-0.1, -0.05) is 12.0 Å². The first-order chi connectivity index (χ1) is 10.9. The molecule has 8 heteroatoms. The predicted molar refractivity (Wildman–Crippen MR) is 77.4 cm³/mol. The zero-order valence-electron chi connectivity index (χ0n) is 13.7. The summed E-state index contributed by atoms with van der Waals surface area (Å²) in [5, 5.41) is 24.2. The molecule has 2 rings (SSSR count). The van der Waals surface area contributed by atoms with E-state index in [1.807, 2.05) is 0 Å².